The Bertz CT molecular complexity index is 1690. The number of carbonyl (C=O) groups is 2. The molecule has 128 heavy (non-hydrogen) atoms. The number of thioether (sulfide) groups is 1. The Morgan fingerprint density at radius 3 is 0.562 bits per heavy atom. The van der Waals surface area contributed by atoms with Crippen molar-refractivity contribution in [2.24, 2.45) is 35.5 Å². The zero-order chi connectivity index (χ0) is 103. The van der Waals surface area contributed by atoms with E-state index in [0.717, 1.165) is 101 Å². The van der Waals surface area contributed by atoms with Crippen LogP contribution in [0.15, 0.2) is 36.8 Å². The molecule has 12 nitrogen and oxygen atoms in total. The number of hydrogen-bond donors (Lipinski definition) is 0. The highest BCUT2D eigenvalue weighted by Gasteiger charge is 2.49. The van der Waals surface area contributed by atoms with Gasteiger partial charge in [0.2, 0.25) is 5.91 Å². The lowest BCUT2D eigenvalue weighted by molar-refractivity contribution is -0.131. The fourth-order valence-corrected chi connectivity index (χ4v) is 11.5. The van der Waals surface area contributed by atoms with E-state index in [2.05, 4.69) is 224 Å². The highest BCUT2D eigenvalue weighted by molar-refractivity contribution is 8.13. The van der Waals surface area contributed by atoms with Crippen molar-refractivity contribution < 1.29 is 28.5 Å². The third-order valence-corrected chi connectivity index (χ3v) is 14.9. The molecular weight excluding hydrogens is 1590 g/mol. The van der Waals surface area contributed by atoms with E-state index in [1.807, 2.05) is 294 Å². The van der Waals surface area contributed by atoms with Crippen molar-refractivity contribution in [1.82, 2.24) is 29.4 Å². The van der Waals surface area contributed by atoms with E-state index in [4.69, 9.17) is 18.9 Å². The fraction of sp³-hybridized carbons (Fsp3) is 0.927. The Kier molecular flexibility index (Phi) is 236. The number of rotatable bonds is 6. The number of amides is 2. The molecule has 0 bridgehead atoms. The van der Waals surface area contributed by atoms with Crippen LogP contribution in [0.1, 0.15) is 502 Å². The minimum Gasteiger partial charge on any atom is -0.377 e. The van der Waals surface area contributed by atoms with Gasteiger partial charge in [-0.1, -0.05) is 404 Å². The third-order valence-electron chi connectivity index (χ3n) is 14.1. The van der Waals surface area contributed by atoms with Crippen LogP contribution in [0.2, 0.25) is 0 Å². The summed E-state index contributed by atoms with van der Waals surface area (Å²) in [6.07, 6.45) is 21.0. The van der Waals surface area contributed by atoms with Gasteiger partial charge in [-0.25, -0.2) is 0 Å². The van der Waals surface area contributed by atoms with E-state index in [1.54, 1.807) is 4.90 Å². The highest BCUT2D eigenvalue weighted by atomic mass is 32.2. The van der Waals surface area contributed by atoms with E-state index in [1.165, 1.54) is 63.4 Å². The SMILES string of the molecule is CC.CC.CC.CC.CC.CC.CC.CC.CC.CC.CC.CC.CC.CC.CC.CC.CC.CC.CC(C)C.CC(C)C.CC(C)C.CC(C)C.CC(C)C.CC(C)C.CC(C)N1C=CCC12COC2.CC(C)N1C=CCC12COC2.CC(C)N1C=CCC1=O.CC(C)N1CCCC12COC2.CC(C)N1CCCC12COC2.CC(C)N1CCSC1=O.[B].[B].[B].[B].[B].[B]. The van der Waals surface area contributed by atoms with Crippen LogP contribution in [0.5, 0.6) is 0 Å². The second-order valence-electron chi connectivity index (χ2n) is 31.1. The van der Waals surface area contributed by atoms with Gasteiger partial charge < -0.3 is 38.5 Å². The Morgan fingerprint density at radius 1 is 0.266 bits per heavy atom. The molecule has 4 spiro atoms. The van der Waals surface area contributed by atoms with Gasteiger partial charge in [-0.15, -0.1) is 0 Å². The van der Waals surface area contributed by atoms with Crippen LogP contribution >= 0.6 is 11.8 Å². The molecule has 0 aromatic carbocycles. The van der Waals surface area contributed by atoms with Crippen molar-refractivity contribution in [3.8, 4) is 0 Å². The number of ether oxygens (including phenoxy) is 4. The van der Waals surface area contributed by atoms with E-state index < -0.39 is 0 Å². The molecule has 0 aliphatic carbocycles. The lowest BCUT2D eigenvalue weighted by Crippen LogP contribution is -2.60. The van der Waals surface area contributed by atoms with Gasteiger partial charge in [0.25, 0.3) is 5.24 Å². The quantitative estimate of drug-likeness (QED) is 0.238. The molecule has 0 saturated carbocycles. The number of likely N-dealkylation sites (tertiary alicyclic amines) is 2. The summed E-state index contributed by atoms with van der Waals surface area (Å²) in [5, 5.41) is 0.241. The zero-order valence-corrected chi connectivity index (χ0v) is 103. The van der Waals surface area contributed by atoms with Crippen molar-refractivity contribution in [2.75, 3.05) is 78.2 Å². The largest absolute Gasteiger partial charge is 0.377 e. The van der Waals surface area contributed by atoms with Crippen LogP contribution in [0.25, 0.3) is 0 Å². The van der Waals surface area contributed by atoms with Crippen molar-refractivity contribution in [1.29, 1.82) is 0 Å². The first kappa shape index (κ1) is 197. The van der Waals surface area contributed by atoms with Crippen LogP contribution in [0, 0.1) is 35.5 Å². The van der Waals surface area contributed by atoms with Crippen LogP contribution < -0.4 is 0 Å². The van der Waals surface area contributed by atoms with Crippen LogP contribution in [-0.2, 0) is 23.7 Å². The third kappa shape index (κ3) is 118. The molecule has 10 aliphatic heterocycles. The van der Waals surface area contributed by atoms with E-state index >= 15 is 0 Å². The summed E-state index contributed by atoms with van der Waals surface area (Å²) in [4.78, 5) is 35.5. The summed E-state index contributed by atoms with van der Waals surface area (Å²) in [6.45, 7) is 148. The summed E-state index contributed by atoms with van der Waals surface area (Å²) in [5.74, 6) is 6.18. The van der Waals surface area contributed by atoms with Gasteiger partial charge in [0, 0.05) is 112 Å². The molecule has 7 saturated heterocycles. The van der Waals surface area contributed by atoms with E-state index in [9.17, 15) is 9.59 Å². The molecule has 10 rings (SSSR count). The molecule has 10 heterocycles. The number of carbonyl (C=O) groups excluding carboxylic acids is 2. The maximum Gasteiger partial charge on any atom is 0.281 e. The summed E-state index contributed by atoms with van der Waals surface area (Å²) < 4.78 is 21.1. The molecule has 0 atom stereocenters. The monoisotopic (exact) mass is 1840 g/mol. The highest BCUT2D eigenvalue weighted by Crippen LogP contribution is 2.39. The first-order valence-corrected chi connectivity index (χ1v) is 53.5. The first-order valence-electron chi connectivity index (χ1n) is 52.5. The molecule has 0 unspecified atom stereocenters. The second-order valence-corrected chi connectivity index (χ2v) is 32.2. The normalized spacial score (nSPS) is 14.9. The van der Waals surface area contributed by atoms with Crippen LogP contribution in [-0.4, -0.2) is 228 Å². The topological polar surface area (TPSA) is 90.5 Å². The van der Waals surface area contributed by atoms with Crippen molar-refractivity contribution in [3.05, 3.63) is 36.8 Å². The Hall–Kier alpha value is -1.74. The van der Waals surface area contributed by atoms with Gasteiger partial charge in [-0.3, -0.25) is 19.4 Å². The molecule has 7 fully saturated rings. The molecule has 0 N–H and O–H groups in total. The summed E-state index contributed by atoms with van der Waals surface area (Å²) >= 11 is 1.42. The summed E-state index contributed by atoms with van der Waals surface area (Å²) in [5.41, 5.74) is 1.64. The van der Waals surface area contributed by atoms with Crippen molar-refractivity contribution in [3.63, 3.8) is 0 Å². The Labute approximate surface area is 837 Å². The average molecular weight is 1840 g/mol. The zero-order valence-electron chi connectivity index (χ0n) is 102. The summed E-state index contributed by atoms with van der Waals surface area (Å²) in [7, 11) is 0. The molecule has 0 aromatic rings. The Morgan fingerprint density at radius 2 is 0.469 bits per heavy atom. The molecule has 780 valence electrons. The maximum absolute atomic E-state index is 10.9. The lowest BCUT2D eigenvalue weighted by atomic mass is 9.93. The standard InChI is InChI=1S/2C9H17NO.2C9H15NO.C7H11NO.C6H11NOS.6C4H10.18C2H6.6B/c4*1-8(2)10-5-3-4-9(10)6-11-7-9;1-6(2)8-5-3-4-7(8)9;1-5(2)7-3-4-9-6(7)8;6*1-4(2)3;18*1-2;;;;;;/h2*8H,3-7H2,1-2H3;2*3,5,8H,4,6-7H2,1-2H3;3,5-6H,4H2,1-2H3;5H,3-4H2,1-2H3;6*4H,1-3H3;18*1-2H3;;;;;;. The van der Waals surface area contributed by atoms with Gasteiger partial charge in [0.15, 0.2) is 0 Å². The molecule has 19 heteroatoms. The van der Waals surface area contributed by atoms with Crippen LogP contribution in [0.3, 0.4) is 0 Å². The van der Waals surface area contributed by atoms with Gasteiger partial charge in [0.05, 0.1) is 75.0 Å². The van der Waals surface area contributed by atoms with Crippen LogP contribution in [0.4, 0.5) is 4.79 Å². The summed E-state index contributed by atoms with van der Waals surface area (Å²) in [6, 6.07) is 3.31. The predicted octanol–water partition coefficient (Wildman–Crippen LogP) is 34.2. The van der Waals surface area contributed by atoms with Gasteiger partial charge in [-0.05, 0) is 183 Å². The number of nitrogens with zero attached hydrogens (tertiary/aromatic N) is 6. The van der Waals surface area contributed by atoms with Crippen molar-refractivity contribution >= 4 is 73.4 Å². The Balaban J connectivity index is -0.0000000361. The molecular formula is C109H254B6N6O6S. The van der Waals surface area contributed by atoms with Gasteiger partial charge in [0.1, 0.15) is 0 Å². The van der Waals surface area contributed by atoms with Crippen molar-refractivity contribution in [2.45, 2.75) is 560 Å². The maximum atomic E-state index is 10.9. The van der Waals surface area contributed by atoms with E-state index in [0.29, 0.717) is 64.8 Å². The minimum absolute atomic E-state index is 0. The van der Waals surface area contributed by atoms with E-state index in [-0.39, 0.29) is 61.6 Å². The minimum atomic E-state index is 0. The first-order chi connectivity index (χ1) is 57.8. The fourth-order valence-electron chi connectivity index (χ4n) is 10.6. The smallest absolute Gasteiger partial charge is 0.281 e. The lowest BCUT2D eigenvalue weighted by Gasteiger charge is -2.48. The molecule has 2 amide bonds. The molecule has 18 radical (unpaired) electrons. The second kappa shape index (κ2) is 153. The predicted molar refractivity (Wildman–Crippen MR) is 615 cm³/mol. The molecule has 0 aromatic heterocycles. The van der Waals surface area contributed by atoms with Gasteiger partial charge in [-0.2, -0.15) is 0 Å². The molecule has 10 aliphatic rings. The average Bonchev–Trinajstić information content (AvgIpc) is 1.64. The van der Waals surface area contributed by atoms with Gasteiger partial charge >= 0.3 is 0 Å². The number of hydrogen-bond acceptors (Lipinski definition) is 11.